The van der Waals surface area contributed by atoms with E-state index in [1.807, 2.05) is 0 Å². The van der Waals surface area contributed by atoms with E-state index in [0.717, 1.165) is 0 Å². The van der Waals surface area contributed by atoms with Crippen LogP contribution in [0, 0.1) is 11.3 Å². The summed E-state index contributed by atoms with van der Waals surface area (Å²) in [6.45, 7) is 4.97. The summed E-state index contributed by atoms with van der Waals surface area (Å²) in [5.41, 5.74) is 0.903. The van der Waals surface area contributed by atoms with Gasteiger partial charge in [-0.25, -0.2) is 0 Å². The fourth-order valence-electron chi connectivity index (χ4n) is 3.53. The van der Waals surface area contributed by atoms with Gasteiger partial charge in [0.15, 0.2) is 5.78 Å². The zero-order valence-electron chi connectivity index (χ0n) is 16.5. The summed E-state index contributed by atoms with van der Waals surface area (Å²) in [6.07, 6.45) is 1.41. The Morgan fingerprint density at radius 1 is 1.21 bits per heavy atom. The number of esters is 1. The summed E-state index contributed by atoms with van der Waals surface area (Å²) in [4.78, 5) is 38.0. The highest BCUT2D eigenvalue weighted by molar-refractivity contribution is 6.31. The van der Waals surface area contributed by atoms with Crippen molar-refractivity contribution in [3.63, 3.8) is 0 Å². The molecular formula is C22H21ClN2O4. The number of carbonyl (C=O) groups excluding carboxylic acids is 2. The topological polar surface area (TPSA) is 89.2 Å². The number of hydrogen-bond donors (Lipinski definition) is 0. The number of fused-ring (bicyclic) bond motifs is 1. The number of nitriles is 1. The first kappa shape index (κ1) is 20.8. The molecule has 6 nitrogen and oxygen atoms in total. The van der Waals surface area contributed by atoms with Crippen LogP contribution in [-0.4, -0.2) is 21.9 Å². The Hall–Kier alpha value is -2.91. The van der Waals surface area contributed by atoms with Crippen LogP contribution in [0.3, 0.4) is 0 Å². The minimum absolute atomic E-state index is 0.122. The lowest BCUT2D eigenvalue weighted by Crippen LogP contribution is -2.34. The standard InChI is InChI=1S/C22H21ClN2O4/c1-22(2,3)29-20(28)12-25-17-5-4-6-18(26)21(17)16(10-19(25)27)15-9-14(23)8-7-13(15)11-24/h7-10H,4-6,12H2,1-3H3. The SMILES string of the molecule is CC(C)(C)OC(=O)Cn1c2c(c(-c3cc(Cl)ccc3C#N)cc1=O)C(=O)CCC2. The predicted octanol–water partition coefficient (Wildman–Crippen LogP) is 3.90. The zero-order valence-corrected chi connectivity index (χ0v) is 17.3. The van der Waals surface area contributed by atoms with Crippen molar-refractivity contribution in [2.24, 2.45) is 0 Å². The molecule has 0 unspecified atom stereocenters. The van der Waals surface area contributed by atoms with Gasteiger partial charge in [0, 0.05) is 39.9 Å². The second-order valence-corrected chi connectivity index (χ2v) is 8.41. The molecule has 0 saturated carbocycles. The van der Waals surface area contributed by atoms with Crippen LogP contribution < -0.4 is 5.56 Å². The number of nitrogens with zero attached hydrogens (tertiary/aromatic N) is 2. The summed E-state index contributed by atoms with van der Waals surface area (Å²) in [6, 6.07) is 8.11. The van der Waals surface area contributed by atoms with Gasteiger partial charge in [0.2, 0.25) is 0 Å². The molecule has 1 aromatic carbocycles. The minimum Gasteiger partial charge on any atom is -0.459 e. The number of ether oxygens (including phenoxy) is 1. The Bertz CT molecular complexity index is 1100. The third-order valence-electron chi connectivity index (χ3n) is 4.61. The average molecular weight is 413 g/mol. The third kappa shape index (κ3) is 4.41. The molecule has 1 aromatic heterocycles. The number of carbonyl (C=O) groups is 2. The maximum absolute atomic E-state index is 12.9. The van der Waals surface area contributed by atoms with Gasteiger partial charge in [-0.2, -0.15) is 5.26 Å². The summed E-state index contributed by atoms with van der Waals surface area (Å²) < 4.78 is 6.64. The highest BCUT2D eigenvalue weighted by atomic mass is 35.5. The van der Waals surface area contributed by atoms with E-state index in [-0.39, 0.29) is 12.3 Å². The molecular weight excluding hydrogens is 392 g/mol. The van der Waals surface area contributed by atoms with Gasteiger partial charge in [-0.3, -0.25) is 14.4 Å². The summed E-state index contributed by atoms with van der Waals surface area (Å²) in [5, 5.41) is 9.87. The molecule has 0 amide bonds. The molecule has 0 saturated heterocycles. The largest absolute Gasteiger partial charge is 0.459 e. The maximum Gasteiger partial charge on any atom is 0.326 e. The number of benzene rings is 1. The maximum atomic E-state index is 12.9. The van der Waals surface area contributed by atoms with E-state index in [0.29, 0.717) is 52.2 Å². The molecule has 150 valence electrons. The van der Waals surface area contributed by atoms with Gasteiger partial charge in [0.05, 0.1) is 11.6 Å². The van der Waals surface area contributed by atoms with Gasteiger partial charge >= 0.3 is 5.97 Å². The molecule has 2 aromatic rings. The van der Waals surface area contributed by atoms with Crippen molar-refractivity contribution in [2.75, 3.05) is 0 Å². The van der Waals surface area contributed by atoms with Crippen LogP contribution in [0.1, 0.15) is 55.2 Å². The molecule has 1 aliphatic carbocycles. The molecule has 1 heterocycles. The highest BCUT2D eigenvalue weighted by Gasteiger charge is 2.28. The van der Waals surface area contributed by atoms with E-state index in [1.54, 1.807) is 39.0 Å². The molecule has 0 radical (unpaired) electrons. The van der Waals surface area contributed by atoms with Crippen LogP contribution in [0.5, 0.6) is 0 Å². The monoisotopic (exact) mass is 412 g/mol. The van der Waals surface area contributed by atoms with Crippen LogP contribution in [0.4, 0.5) is 0 Å². The van der Waals surface area contributed by atoms with E-state index < -0.39 is 17.1 Å². The quantitative estimate of drug-likeness (QED) is 0.713. The van der Waals surface area contributed by atoms with Gasteiger partial charge < -0.3 is 9.30 Å². The number of pyridine rings is 1. The Labute approximate surface area is 173 Å². The Morgan fingerprint density at radius 3 is 2.59 bits per heavy atom. The van der Waals surface area contributed by atoms with Crippen LogP contribution >= 0.6 is 11.6 Å². The number of aromatic nitrogens is 1. The van der Waals surface area contributed by atoms with E-state index in [1.165, 1.54) is 10.6 Å². The molecule has 0 fully saturated rings. The van der Waals surface area contributed by atoms with Crippen molar-refractivity contribution >= 4 is 23.4 Å². The van der Waals surface area contributed by atoms with Crippen LogP contribution in [-0.2, 0) is 22.5 Å². The van der Waals surface area contributed by atoms with Gasteiger partial charge in [0.25, 0.3) is 5.56 Å². The number of rotatable bonds is 3. The molecule has 0 bridgehead atoms. The number of Topliss-reactive ketones (excluding diaryl/α,β-unsaturated/α-hetero) is 1. The van der Waals surface area contributed by atoms with Crippen molar-refractivity contribution in [1.29, 1.82) is 5.26 Å². The van der Waals surface area contributed by atoms with Crippen molar-refractivity contribution in [1.82, 2.24) is 4.57 Å². The highest BCUT2D eigenvalue weighted by Crippen LogP contribution is 2.33. The molecule has 29 heavy (non-hydrogen) atoms. The molecule has 3 rings (SSSR count). The fraction of sp³-hybridized carbons (Fsp3) is 0.364. The normalized spacial score (nSPS) is 13.6. The number of ketones is 1. The van der Waals surface area contributed by atoms with Gasteiger partial charge in [-0.05, 0) is 51.8 Å². The van der Waals surface area contributed by atoms with E-state index in [4.69, 9.17) is 16.3 Å². The second-order valence-electron chi connectivity index (χ2n) is 7.97. The van der Waals surface area contributed by atoms with Gasteiger partial charge in [-0.15, -0.1) is 0 Å². The lowest BCUT2D eigenvalue weighted by atomic mass is 9.86. The molecule has 0 atom stereocenters. The first-order valence-corrected chi connectivity index (χ1v) is 9.70. The molecule has 7 heteroatoms. The summed E-state index contributed by atoms with van der Waals surface area (Å²) in [7, 11) is 0. The van der Waals surface area contributed by atoms with Gasteiger partial charge in [-0.1, -0.05) is 11.6 Å². The zero-order chi connectivity index (χ0) is 21.3. The van der Waals surface area contributed by atoms with Crippen molar-refractivity contribution in [3.8, 4) is 17.2 Å². The smallest absolute Gasteiger partial charge is 0.326 e. The van der Waals surface area contributed by atoms with Crippen molar-refractivity contribution < 1.29 is 14.3 Å². The molecule has 0 aliphatic heterocycles. The Kier molecular flexibility index (Phi) is 5.63. The number of hydrogen-bond acceptors (Lipinski definition) is 5. The average Bonchev–Trinajstić information content (AvgIpc) is 2.62. The predicted molar refractivity (Wildman–Crippen MR) is 109 cm³/mol. The molecule has 1 aliphatic rings. The lowest BCUT2D eigenvalue weighted by Gasteiger charge is -2.24. The van der Waals surface area contributed by atoms with E-state index in [2.05, 4.69) is 6.07 Å². The third-order valence-corrected chi connectivity index (χ3v) is 4.85. The van der Waals surface area contributed by atoms with E-state index >= 15 is 0 Å². The van der Waals surface area contributed by atoms with E-state index in [9.17, 15) is 19.6 Å². The summed E-state index contributed by atoms with van der Waals surface area (Å²) >= 11 is 6.11. The summed E-state index contributed by atoms with van der Waals surface area (Å²) in [5.74, 6) is -0.670. The van der Waals surface area contributed by atoms with Crippen molar-refractivity contribution in [2.45, 2.75) is 52.2 Å². The van der Waals surface area contributed by atoms with Crippen LogP contribution in [0.15, 0.2) is 29.1 Å². The first-order chi connectivity index (χ1) is 13.6. The minimum atomic E-state index is -0.682. The van der Waals surface area contributed by atoms with Gasteiger partial charge in [0.1, 0.15) is 12.1 Å². The Morgan fingerprint density at radius 2 is 1.93 bits per heavy atom. The fourth-order valence-corrected chi connectivity index (χ4v) is 3.71. The van der Waals surface area contributed by atoms with Crippen LogP contribution in [0.25, 0.3) is 11.1 Å². The Balaban J connectivity index is 2.20. The van der Waals surface area contributed by atoms with Crippen LogP contribution in [0.2, 0.25) is 5.02 Å². The lowest BCUT2D eigenvalue weighted by molar-refractivity contribution is -0.155. The number of halogens is 1. The van der Waals surface area contributed by atoms with Crippen molar-refractivity contribution in [3.05, 3.63) is 56.5 Å². The molecule has 0 spiro atoms. The first-order valence-electron chi connectivity index (χ1n) is 9.32. The second kappa shape index (κ2) is 7.84. The molecule has 0 N–H and O–H groups in total.